The maximum Gasteiger partial charge on any atom is 0.0823 e. The van der Waals surface area contributed by atoms with E-state index < -0.39 is 0 Å². The first-order valence-corrected chi connectivity index (χ1v) is 10.0. The summed E-state index contributed by atoms with van der Waals surface area (Å²) in [5.74, 6) is 0. The molecule has 2 aromatic rings. The van der Waals surface area contributed by atoms with Crippen molar-refractivity contribution in [1.82, 2.24) is 0 Å². The molecular formula is C23H27BrO2. The molecule has 0 fully saturated rings. The highest BCUT2D eigenvalue weighted by molar-refractivity contribution is 9.11. The first-order valence-electron chi connectivity index (χ1n) is 9.22. The number of halogens is 1. The second-order valence-corrected chi connectivity index (χ2v) is 8.32. The molecule has 0 N–H and O–H groups in total. The molecule has 0 radical (unpaired) electrons. The van der Waals surface area contributed by atoms with Gasteiger partial charge >= 0.3 is 0 Å². The first-order chi connectivity index (χ1) is 12.6. The van der Waals surface area contributed by atoms with Crippen LogP contribution < -0.4 is 0 Å². The van der Waals surface area contributed by atoms with E-state index >= 15 is 0 Å². The molecule has 1 aliphatic rings. The summed E-state index contributed by atoms with van der Waals surface area (Å²) < 4.78 is 13.6. The van der Waals surface area contributed by atoms with Gasteiger partial charge in [-0.25, -0.2) is 0 Å². The van der Waals surface area contributed by atoms with Crippen molar-refractivity contribution in [3.05, 3.63) is 81.8 Å². The summed E-state index contributed by atoms with van der Waals surface area (Å²) in [4.78, 5) is 0. The molecule has 0 spiro atoms. The van der Waals surface area contributed by atoms with Crippen LogP contribution >= 0.6 is 15.9 Å². The van der Waals surface area contributed by atoms with Crippen LogP contribution in [0.2, 0.25) is 0 Å². The topological polar surface area (TPSA) is 18.5 Å². The average molecular weight is 415 g/mol. The van der Waals surface area contributed by atoms with Crippen molar-refractivity contribution in [2.75, 3.05) is 6.61 Å². The zero-order valence-corrected chi connectivity index (χ0v) is 17.2. The molecule has 1 aliphatic carbocycles. The molecule has 0 unspecified atom stereocenters. The van der Waals surface area contributed by atoms with E-state index in [0.717, 1.165) is 12.8 Å². The Morgan fingerprint density at radius 3 is 2.08 bits per heavy atom. The molecule has 26 heavy (non-hydrogen) atoms. The van der Waals surface area contributed by atoms with Crippen LogP contribution in [0, 0.1) is 5.41 Å². The van der Waals surface area contributed by atoms with Crippen LogP contribution in [-0.2, 0) is 22.7 Å². The van der Waals surface area contributed by atoms with E-state index in [9.17, 15) is 0 Å². The highest BCUT2D eigenvalue weighted by Gasteiger charge is 2.34. The zero-order valence-electron chi connectivity index (χ0n) is 15.6. The maximum absolute atomic E-state index is 6.28. The molecule has 2 nitrogen and oxygen atoms in total. The Morgan fingerprint density at radius 1 is 0.885 bits per heavy atom. The predicted molar refractivity (Wildman–Crippen MR) is 110 cm³/mol. The van der Waals surface area contributed by atoms with Crippen LogP contribution in [0.25, 0.3) is 0 Å². The largest absolute Gasteiger partial charge is 0.372 e. The van der Waals surface area contributed by atoms with Crippen LogP contribution in [0.1, 0.15) is 37.8 Å². The summed E-state index contributed by atoms with van der Waals surface area (Å²) >= 11 is 3.85. The van der Waals surface area contributed by atoms with Gasteiger partial charge < -0.3 is 9.47 Å². The number of ether oxygens (including phenoxy) is 2. The van der Waals surface area contributed by atoms with Crippen LogP contribution in [0.4, 0.5) is 0 Å². The third kappa shape index (κ3) is 5.06. The van der Waals surface area contributed by atoms with Crippen LogP contribution in [0.3, 0.4) is 0 Å². The number of benzene rings is 2. The fourth-order valence-electron chi connectivity index (χ4n) is 3.32. The molecule has 0 saturated carbocycles. The van der Waals surface area contributed by atoms with Crippen LogP contribution in [-0.4, -0.2) is 12.7 Å². The van der Waals surface area contributed by atoms with Crippen LogP contribution in [0.15, 0.2) is 70.7 Å². The summed E-state index contributed by atoms with van der Waals surface area (Å²) in [5.41, 5.74) is 3.78. The van der Waals surface area contributed by atoms with E-state index in [1.165, 1.54) is 21.2 Å². The van der Waals surface area contributed by atoms with Gasteiger partial charge in [-0.3, -0.25) is 0 Å². The Kier molecular flexibility index (Phi) is 6.68. The lowest BCUT2D eigenvalue weighted by Crippen LogP contribution is -2.30. The van der Waals surface area contributed by atoms with Crippen LogP contribution in [0.5, 0.6) is 0 Å². The lowest BCUT2D eigenvalue weighted by atomic mass is 9.78. The molecular weight excluding hydrogens is 388 g/mol. The van der Waals surface area contributed by atoms with Crippen molar-refractivity contribution < 1.29 is 9.47 Å². The van der Waals surface area contributed by atoms with E-state index in [4.69, 9.17) is 9.47 Å². The smallest absolute Gasteiger partial charge is 0.0823 e. The van der Waals surface area contributed by atoms with Gasteiger partial charge in [0.1, 0.15) is 0 Å². The molecule has 138 valence electrons. The van der Waals surface area contributed by atoms with Gasteiger partial charge in [-0.2, -0.15) is 0 Å². The molecule has 0 saturated heterocycles. The van der Waals surface area contributed by atoms with Gasteiger partial charge in [0.2, 0.25) is 0 Å². The number of hydrogen-bond donors (Lipinski definition) is 0. The summed E-state index contributed by atoms with van der Waals surface area (Å²) in [6, 6.07) is 20.7. The third-order valence-electron chi connectivity index (χ3n) is 4.96. The number of hydrogen-bond acceptors (Lipinski definition) is 2. The molecule has 0 bridgehead atoms. The predicted octanol–water partition coefficient (Wildman–Crippen LogP) is 6.26. The highest BCUT2D eigenvalue weighted by atomic mass is 79.9. The maximum atomic E-state index is 6.28. The van der Waals surface area contributed by atoms with Gasteiger partial charge in [0.15, 0.2) is 0 Å². The lowest BCUT2D eigenvalue weighted by molar-refractivity contribution is 0.0281. The van der Waals surface area contributed by atoms with E-state index in [2.05, 4.69) is 66.2 Å². The number of allylic oxidation sites excluding steroid dienone is 1. The van der Waals surface area contributed by atoms with Crippen molar-refractivity contribution in [3.8, 4) is 0 Å². The fraction of sp³-hybridized carbons (Fsp3) is 0.391. The zero-order chi connectivity index (χ0) is 18.4. The molecule has 3 rings (SSSR count). The summed E-state index contributed by atoms with van der Waals surface area (Å²) in [7, 11) is 0. The van der Waals surface area contributed by atoms with Crippen molar-refractivity contribution in [3.63, 3.8) is 0 Å². The molecule has 0 amide bonds. The van der Waals surface area contributed by atoms with Gasteiger partial charge in [0, 0.05) is 4.48 Å². The molecule has 1 atom stereocenters. The Labute approximate surface area is 165 Å². The van der Waals surface area contributed by atoms with E-state index in [1.54, 1.807) is 0 Å². The minimum atomic E-state index is 0.105. The minimum Gasteiger partial charge on any atom is -0.372 e. The SMILES string of the molecule is CC1(C)CC[C@@H](OCc2ccccc2)C(COCc2ccccc2)=C1Br. The second-order valence-electron chi connectivity index (χ2n) is 7.53. The average Bonchev–Trinajstić information content (AvgIpc) is 2.66. The Balaban J connectivity index is 1.66. The molecule has 2 aromatic carbocycles. The second kappa shape index (κ2) is 8.98. The van der Waals surface area contributed by atoms with Crippen molar-refractivity contribution >= 4 is 15.9 Å². The minimum absolute atomic E-state index is 0.105. The summed E-state index contributed by atoms with van der Waals surface area (Å²) in [6.07, 6.45) is 2.24. The van der Waals surface area contributed by atoms with Gasteiger partial charge in [-0.1, -0.05) is 90.4 Å². The van der Waals surface area contributed by atoms with Crippen molar-refractivity contribution in [2.45, 2.75) is 46.0 Å². The van der Waals surface area contributed by atoms with Crippen molar-refractivity contribution in [1.29, 1.82) is 0 Å². The molecule has 0 aliphatic heterocycles. The molecule has 3 heteroatoms. The van der Waals surface area contributed by atoms with Gasteiger partial charge in [0.05, 0.1) is 25.9 Å². The molecule has 0 aromatic heterocycles. The Hall–Kier alpha value is -1.42. The van der Waals surface area contributed by atoms with E-state index in [0.29, 0.717) is 19.8 Å². The third-order valence-corrected chi connectivity index (χ3v) is 6.54. The lowest BCUT2D eigenvalue weighted by Gasteiger charge is -2.36. The van der Waals surface area contributed by atoms with Gasteiger partial charge in [-0.15, -0.1) is 0 Å². The standard InChI is InChI=1S/C23H27BrO2/c1-23(2)14-13-21(26-16-19-11-7-4-8-12-19)20(22(23)24)17-25-15-18-9-5-3-6-10-18/h3-12,21H,13-17H2,1-2H3/t21-/m1/s1. The highest BCUT2D eigenvalue weighted by Crippen LogP contribution is 2.44. The number of rotatable bonds is 7. The van der Waals surface area contributed by atoms with Crippen molar-refractivity contribution in [2.24, 2.45) is 5.41 Å². The monoisotopic (exact) mass is 414 g/mol. The fourth-order valence-corrected chi connectivity index (χ4v) is 3.88. The van der Waals surface area contributed by atoms with Gasteiger partial charge in [0.25, 0.3) is 0 Å². The quantitative estimate of drug-likeness (QED) is 0.532. The van der Waals surface area contributed by atoms with Gasteiger partial charge in [-0.05, 0) is 35.0 Å². The summed E-state index contributed by atoms with van der Waals surface area (Å²) in [6.45, 7) is 6.41. The summed E-state index contributed by atoms with van der Waals surface area (Å²) in [5, 5.41) is 0. The van der Waals surface area contributed by atoms with E-state index in [-0.39, 0.29) is 11.5 Å². The Morgan fingerprint density at radius 2 is 1.46 bits per heavy atom. The van der Waals surface area contributed by atoms with E-state index in [1.807, 2.05) is 24.3 Å². The first kappa shape index (κ1) is 19.3. The normalized spacial score (nSPS) is 19.6. The molecule has 0 heterocycles. The Bertz CT molecular complexity index is 722.